The predicted octanol–water partition coefficient (Wildman–Crippen LogP) is 6.67. The largest absolute Gasteiger partial charge is 0.417 e. The van der Waals surface area contributed by atoms with Crippen LogP contribution in [0.15, 0.2) is 18.2 Å². The molecule has 101 heavy (non-hydrogen) atoms. The standard InChI is InChI=1S/C73H114ClF3N12O12/c1-14-47(5)62-69(99)83(9)44-60(92)81(7)45-61(93)85(11)56(41-49-27-19-16-20-28-49)67(97)82(8)43-58(90)78-54(34-32-50-31-33-52(53(74)40-50)73(75,76)77)66(96)89(15-2)48(6)64(94)80-72(35-23-24-36-72)71(101)87(13)63(51-29-21-17-22-30-51)70(100)86(12)57(68(98)88-37-25-18-26-38-88)42-59(91)84(10)55(39-46(3)4)65(95)79-62/h31,33,40,46-49,51,54-57,62-63H,14-30,32,34-39,41-45H2,1-13H3,(H,78,90)(H,79,95)(H,80,94)/t47-,48-,54-,55-,56-,57-,62-,63-/m0/s1. The van der Waals surface area contributed by atoms with Crippen molar-refractivity contribution in [2.75, 3.05) is 88.6 Å². The Hall–Kier alpha value is -7.06. The van der Waals surface area contributed by atoms with Gasteiger partial charge in [-0.1, -0.05) is 116 Å². The number of benzene rings is 1. The SMILES string of the molecule is CC[C@H](C)[C@@H]1NC(=O)[C@H](CC(C)C)N(C)C(=O)C[C@@H](C(=O)N2CCCCC2)N(C)C(=O)[C@H](C2CCCCC2)N(C)C(=O)C2(CCCC2)NC(=O)[C@H](C)N(CC)C(=O)[C@H](CCc2ccc(C(F)(F)F)c(Cl)c2)NC(=O)CN(C)C(=O)[C@H](CC2CCCCC2)N(C)C(=O)CN(C)C(=O)CN(C)C1=O. The van der Waals surface area contributed by atoms with Crippen molar-refractivity contribution in [3.05, 3.63) is 34.3 Å². The second kappa shape index (κ2) is 37.4. The van der Waals surface area contributed by atoms with Crippen molar-refractivity contribution in [2.24, 2.45) is 23.7 Å². The summed E-state index contributed by atoms with van der Waals surface area (Å²) < 4.78 is 41.6. The Labute approximate surface area is 600 Å². The Morgan fingerprint density at radius 3 is 1.78 bits per heavy atom. The molecule has 0 unspecified atom stereocenters. The second-order valence-corrected chi connectivity index (χ2v) is 30.2. The van der Waals surface area contributed by atoms with E-state index in [0.717, 1.165) is 84.6 Å². The zero-order valence-corrected chi connectivity index (χ0v) is 62.8. The monoisotopic (exact) mass is 1440 g/mol. The van der Waals surface area contributed by atoms with Crippen molar-refractivity contribution < 1.29 is 70.7 Å². The van der Waals surface area contributed by atoms with Gasteiger partial charge in [0, 0.05) is 69.0 Å². The number of aryl methyl sites for hydroxylation is 1. The Morgan fingerprint density at radius 2 is 1.21 bits per heavy atom. The van der Waals surface area contributed by atoms with Crippen LogP contribution < -0.4 is 16.0 Å². The maximum Gasteiger partial charge on any atom is 0.417 e. The molecule has 12 amide bonds. The van der Waals surface area contributed by atoms with Crippen LogP contribution in [0, 0.1) is 23.7 Å². The number of likely N-dealkylation sites (N-methyl/N-ethyl adjacent to an activating group) is 8. The molecule has 5 aliphatic rings. The summed E-state index contributed by atoms with van der Waals surface area (Å²) in [7, 11) is 9.99. The van der Waals surface area contributed by atoms with Crippen molar-refractivity contribution in [3.63, 3.8) is 0 Å². The van der Waals surface area contributed by atoms with Crippen molar-refractivity contribution >= 4 is 82.5 Å². The molecule has 3 N–H and O–H groups in total. The molecular formula is C73H114ClF3N12O12. The number of carbonyl (C=O) groups excluding carboxylic acids is 12. The summed E-state index contributed by atoms with van der Waals surface area (Å²) in [6, 6.07) is -5.77. The third-order valence-corrected chi connectivity index (χ3v) is 22.3. The normalized spacial score (nSPS) is 26.3. The van der Waals surface area contributed by atoms with E-state index >= 15 is 28.8 Å². The Kier molecular flexibility index (Phi) is 30.7. The molecule has 1 spiro atoms. The topological polar surface area (TPSA) is 270 Å². The van der Waals surface area contributed by atoms with Crippen LogP contribution in [0.5, 0.6) is 0 Å². The van der Waals surface area contributed by atoms with E-state index in [1.165, 1.54) is 86.8 Å². The summed E-state index contributed by atoms with van der Waals surface area (Å²) in [4.78, 5) is 191. The molecule has 2 aliphatic heterocycles. The Balaban J connectivity index is 1.44. The second-order valence-electron chi connectivity index (χ2n) is 29.8. The predicted molar refractivity (Wildman–Crippen MR) is 376 cm³/mol. The number of carbonyl (C=O) groups is 12. The molecule has 24 nitrogen and oxygen atoms in total. The van der Waals surface area contributed by atoms with Gasteiger partial charge >= 0.3 is 6.18 Å². The molecule has 8 atom stereocenters. The van der Waals surface area contributed by atoms with Gasteiger partial charge in [-0.15, -0.1) is 0 Å². The number of nitrogens with one attached hydrogen (secondary N) is 3. The van der Waals surface area contributed by atoms with Gasteiger partial charge in [0.05, 0.1) is 36.6 Å². The number of hydrogen-bond acceptors (Lipinski definition) is 12. The number of piperidine rings is 1. The highest BCUT2D eigenvalue weighted by Crippen LogP contribution is 2.38. The summed E-state index contributed by atoms with van der Waals surface area (Å²) in [6.45, 7) is 9.34. The molecule has 0 aromatic heterocycles. The van der Waals surface area contributed by atoms with Gasteiger partial charge in [0.2, 0.25) is 70.9 Å². The van der Waals surface area contributed by atoms with Crippen LogP contribution in [0.3, 0.4) is 0 Å². The molecule has 2 heterocycles. The van der Waals surface area contributed by atoms with Crippen molar-refractivity contribution in [1.82, 2.24) is 60.0 Å². The first kappa shape index (κ1) is 82.9. The van der Waals surface area contributed by atoms with Gasteiger partial charge in [-0.2, -0.15) is 13.2 Å². The average Bonchev–Trinajstić information content (AvgIpc) is 1.76. The van der Waals surface area contributed by atoms with Crippen molar-refractivity contribution in [2.45, 2.75) is 243 Å². The van der Waals surface area contributed by atoms with Crippen LogP contribution in [-0.2, 0) is 70.1 Å². The van der Waals surface area contributed by atoms with E-state index in [9.17, 15) is 41.9 Å². The van der Waals surface area contributed by atoms with E-state index in [0.29, 0.717) is 58.0 Å². The zero-order chi connectivity index (χ0) is 75.0. The molecule has 3 aliphatic carbocycles. The molecule has 0 bridgehead atoms. The maximum absolute atomic E-state index is 15.8. The maximum atomic E-state index is 15.8. The van der Waals surface area contributed by atoms with Crippen LogP contribution >= 0.6 is 11.6 Å². The fraction of sp³-hybridized carbons (Fsp3) is 0.753. The zero-order valence-electron chi connectivity index (χ0n) is 62.0. The lowest BCUT2D eigenvalue weighted by molar-refractivity contribution is -0.157. The minimum absolute atomic E-state index is 0.0139. The van der Waals surface area contributed by atoms with Crippen LogP contribution in [0.25, 0.3) is 0 Å². The van der Waals surface area contributed by atoms with Gasteiger partial charge in [-0.3, -0.25) is 57.5 Å². The van der Waals surface area contributed by atoms with Gasteiger partial charge in [0.1, 0.15) is 47.8 Å². The van der Waals surface area contributed by atoms with Crippen molar-refractivity contribution in [3.8, 4) is 0 Å². The lowest BCUT2D eigenvalue weighted by atomic mass is 9.81. The third-order valence-electron chi connectivity index (χ3n) is 22.0. The van der Waals surface area contributed by atoms with Gasteiger partial charge in [0.15, 0.2) is 0 Å². The van der Waals surface area contributed by atoms with E-state index in [-0.39, 0.29) is 62.5 Å². The molecule has 5 fully saturated rings. The highest BCUT2D eigenvalue weighted by atomic mass is 35.5. The quantitative estimate of drug-likeness (QED) is 0.198. The summed E-state index contributed by atoms with van der Waals surface area (Å²) in [5.41, 5.74) is -2.39. The highest BCUT2D eigenvalue weighted by molar-refractivity contribution is 6.31. The molecule has 0 radical (unpaired) electrons. The number of hydrogen-bond donors (Lipinski definition) is 3. The Morgan fingerprint density at radius 1 is 0.634 bits per heavy atom. The van der Waals surface area contributed by atoms with Crippen LogP contribution in [0.4, 0.5) is 13.2 Å². The van der Waals surface area contributed by atoms with Gasteiger partial charge in [0.25, 0.3) is 0 Å². The van der Waals surface area contributed by atoms with E-state index < -0.39 is 173 Å². The molecule has 3 saturated carbocycles. The molecule has 2 saturated heterocycles. The van der Waals surface area contributed by atoms with Gasteiger partial charge in [-0.05, 0) is 126 Å². The average molecular weight is 1440 g/mol. The smallest absolute Gasteiger partial charge is 0.343 e. The molecule has 1 aromatic rings. The number of rotatable bonds is 12. The van der Waals surface area contributed by atoms with Crippen LogP contribution in [0.1, 0.15) is 194 Å². The molecule has 28 heteroatoms. The summed E-state index contributed by atoms with van der Waals surface area (Å²) >= 11 is 6.16. The van der Waals surface area contributed by atoms with Crippen molar-refractivity contribution in [1.29, 1.82) is 0 Å². The fourth-order valence-electron chi connectivity index (χ4n) is 15.3. The molecule has 6 rings (SSSR count). The summed E-state index contributed by atoms with van der Waals surface area (Å²) in [6.07, 6.45) is 6.43. The summed E-state index contributed by atoms with van der Waals surface area (Å²) in [5, 5.41) is 8.10. The van der Waals surface area contributed by atoms with Gasteiger partial charge in [-0.25, -0.2) is 0 Å². The lowest BCUT2D eigenvalue weighted by Gasteiger charge is -2.43. The van der Waals surface area contributed by atoms with Gasteiger partial charge < -0.3 is 60.0 Å². The highest BCUT2D eigenvalue weighted by Gasteiger charge is 2.51. The van der Waals surface area contributed by atoms with Crippen LogP contribution in [0.2, 0.25) is 5.02 Å². The molecular weight excluding hydrogens is 1330 g/mol. The van der Waals surface area contributed by atoms with Crippen LogP contribution in [-0.4, -0.2) is 251 Å². The minimum Gasteiger partial charge on any atom is -0.343 e. The lowest BCUT2D eigenvalue weighted by Crippen LogP contribution is -2.65. The Bertz CT molecular complexity index is 3100. The number of likely N-dealkylation sites (tertiary alicyclic amines) is 1. The first-order valence-corrected chi connectivity index (χ1v) is 37.1. The van der Waals surface area contributed by atoms with E-state index in [4.69, 9.17) is 11.6 Å². The number of halogens is 4. The van der Waals surface area contributed by atoms with E-state index in [1.807, 2.05) is 20.8 Å². The molecule has 566 valence electrons. The fourth-order valence-corrected chi connectivity index (χ4v) is 15.6. The first-order valence-electron chi connectivity index (χ1n) is 36.7. The first-order chi connectivity index (χ1) is 47.6. The van der Waals surface area contributed by atoms with E-state index in [1.54, 1.807) is 18.7 Å². The third kappa shape index (κ3) is 21.5. The molecule has 1 aromatic carbocycles. The van der Waals surface area contributed by atoms with E-state index in [2.05, 4.69) is 16.0 Å². The number of nitrogens with zero attached hydrogens (tertiary/aromatic N) is 9. The summed E-state index contributed by atoms with van der Waals surface area (Å²) in [5.74, 6) is -8.93. The number of amides is 12. The number of alkyl halides is 3. The minimum atomic E-state index is -4.76.